The lowest BCUT2D eigenvalue weighted by Gasteiger charge is -2.36. The smallest absolute Gasteiger partial charge is 0.290 e. The van der Waals surface area contributed by atoms with E-state index in [1.807, 2.05) is 30.3 Å². The van der Waals surface area contributed by atoms with E-state index >= 15 is 0 Å². The second kappa shape index (κ2) is 9.17. The van der Waals surface area contributed by atoms with Gasteiger partial charge in [-0.25, -0.2) is 0 Å². The largest absolute Gasteiger partial charge is 0.368 e. The van der Waals surface area contributed by atoms with Gasteiger partial charge in [0, 0.05) is 37.8 Å². The molecule has 0 atom stereocenters. The predicted molar refractivity (Wildman–Crippen MR) is 136 cm³/mol. The molecular weight excluding hydrogens is 456 g/mol. The van der Waals surface area contributed by atoms with Gasteiger partial charge in [0.05, 0.1) is 21.1 Å². The number of pyridine rings is 1. The number of amides is 2. The Kier molecular flexibility index (Phi) is 6.10. The van der Waals surface area contributed by atoms with Crippen molar-refractivity contribution in [2.45, 2.75) is 6.92 Å². The van der Waals surface area contributed by atoms with Crippen LogP contribution < -0.4 is 10.2 Å². The Hall–Kier alpha value is -2.87. The Morgan fingerprint density at radius 3 is 2.64 bits per heavy atom. The van der Waals surface area contributed by atoms with E-state index in [-0.39, 0.29) is 11.1 Å². The lowest BCUT2D eigenvalue weighted by atomic mass is 9.99. The van der Waals surface area contributed by atoms with E-state index in [2.05, 4.69) is 39.2 Å². The Balaban J connectivity index is 1.48. The number of carbonyl (C=O) groups is 2. The molecule has 168 valence electrons. The molecule has 2 fully saturated rings. The van der Waals surface area contributed by atoms with Crippen molar-refractivity contribution in [3.05, 3.63) is 64.2 Å². The highest BCUT2D eigenvalue weighted by Crippen LogP contribution is 2.35. The zero-order chi connectivity index (χ0) is 22.9. The van der Waals surface area contributed by atoms with E-state index < -0.39 is 0 Å². The predicted octanol–water partition coefficient (Wildman–Crippen LogP) is 5.02. The minimum atomic E-state index is -0.375. The van der Waals surface area contributed by atoms with Gasteiger partial charge in [0.2, 0.25) is 0 Å². The van der Waals surface area contributed by atoms with Crippen LogP contribution >= 0.6 is 23.4 Å². The van der Waals surface area contributed by atoms with Crippen molar-refractivity contribution in [3.63, 3.8) is 0 Å². The summed E-state index contributed by atoms with van der Waals surface area (Å²) in [7, 11) is 0. The number of imide groups is 1. The summed E-state index contributed by atoms with van der Waals surface area (Å²) in [5, 5.41) is 3.62. The van der Waals surface area contributed by atoms with Crippen LogP contribution in [0.3, 0.4) is 0 Å². The summed E-state index contributed by atoms with van der Waals surface area (Å²) in [6.07, 6.45) is 3.40. The monoisotopic (exact) mass is 478 g/mol. The number of benzene rings is 2. The number of thioether (sulfide) groups is 1. The molecule has 6 nitrogen and oxygen atoms in total. The Bertz CT molecular complexity index is 1280. The van der Waals surface area contributed by atoms with Crippen molar-refractivity contribution in [1.82, 2.24) is 15.2 Å². The van der Waals surface area contributed by atoms with E-state index in [0.29, 0.717) is 4.91 Å². The van der Waals surface area contributed by atoms with Gasteiger partial charge in [-0.05, 0) is 65.3 Å². The topological polar surface area (TPSA) is 65.5 Å². The lowest BCUT2D eigenvalue weighted by Crippen LogP contribution is -2.46. The maximum atomic E-state index is 11.9. The Labute approximate surface area is 201 Å². The summed E-state index contributed by atoms with van der Waals surface area (Å²) in [5.74, 6) is -0.375. The molecule has 3 aromatic rings. The first kappa shape index (κ1) is 21.9. The molecule has 2 aliphatic heterocycles. The molecule has 0 bridgehead atoms. The first-order valence-electron chi connectivity index (χ1n) is 10.9. The van der Waals surface area contributed by atoms with Gasteiger partial charge in [-0.1, -0.05) is 36.7 Å². The number of aromatic nitrogens is 1. The fourth-order valence-electron chi connectivity index (χ4n) is 4.30. The number of hydrogen-bond acceptors (Lipinski definition) is 6. The number of likely N-dealkylation sites (N-methyl/N-ethyl adjacent to an activating group) is 1. The average molecular weight is 479 g/mol. The Morgan fingerprint density at radius 2 is 1.94 bits per heavy atom. The number of hydrogen-bond donors (Lipinski definition) is 1. The van der Waals surface area contributed by atoms with Crippen LogP contribution in [0.2, 0.25) is 5.02 Å². The van der Waals surface area contributed by atoms with Crippen LogP contribution in [0.1, 0.15) is 12.5 Å². The number of nitrogens with zero attached hydrogens (tertiary/aromatic N) is 3. The highest BCUT2D eigenvalue weighted by molar-refractivity contribution is 8.18. The standard InChI is InChI=1S/C25H23ClN4O2S/c1-2-29-8-10-30(11-9-29)22-7-6-17(14-20(22)26)18-4-3-5-21-19(18)12-16(15-27-21)13-23-24(31)28-25(32)33-23/h3-7,12-15H,2,8-11H2,1H3,(H,28,31,32). The summed E-state index contributed by atoms with van der Waals surface area (Å²) in [5.41, 5.74) is 4.71. The second-order valence-corrected chi connectivity index (χ2v) is 9.50. The number of nitrogens with one attached hydrogen (secondary N) is 1. The molecule has 0 radical (unpaired) electrons. The number of rotatable bonds is 4. The molecule has 5 rings (SSSR count). The Morgan fingerprint density at radius 1 is 1.12 bits per heavy atom. The number of piperazine rings is 1. The van der Waals surface area contributed by atoms with Gasteiger partial charge in [0.15, 0.2) is 0 Å². The second-order valence-electron chi connectivity index (χ2n) is 8.08. The number of fused-ring (bicyclic) bond motifs is 1. The zero-order valence-corrected chi connectivity index (χ0v) is 19.7. The van der Waals surface area contributed by atoms with Crippen molar-refractivity contribution in [3.8, 4) is 11.1 Å². The third-order valence-corrected chi connectivity index (χ3v) is 7.22. The van der Waals surface area contributed by atoms with Crippen molar-refractivity contribution in [1.29, 1.82) is 0 Å². The lowest BCUT2D eigenvalue weighted by molar-refractivity contribution is -0.115. The molecule has 1 aromatic heterocycles. The first-order chi connectivity index (χ1) is 16.0. The van der Waals surface area contributed by atoms with E-state index in [4.69, 9.17) is 11.6 Å². The van der Waals surface area contributed by atoms with Crippen molar-refractivity contribution >= 4 is 57.2 Å². The van der Waals surface area contributed by atoms with Crippen LogP contribution in [0, 0.1) is 0 Å². The number of carbonyl (C=O) groups excluding carboxylic acids is 2. The van der Waals surface area contributed by atoms with E-state index in [1.54, 1.807) is 12.3 Å². The quantitative estimate of drug-likeness (QED) is 0.531. The molecule has 3 heterocycles. The van der Waals surface area contributed by atoms with Crippen LogP contribution in [0.5, 0.6) is 0 Å². The molecule has 2 aromatic carbocycles. The third kappa shape index (κ3) is 4.49. The minimum Gasteiger partial charge on any atom is -0.368 e. The minimum absolute atomic E-state index is 0.355. The van der Waals surface area contributed by atoms with Crippen LogP contribution in [0.25, 0.3) is 28.1 Å². The molecule has 0 unspecified atom stereocenters. The van der Waals surface area contributed by atoms with Crippen molar-refractivity contribution < 1.29 is 9.59 Å². The van der Waals surface area contributed by atoms with E-state index in [0.717, 1.165) is 82.8 Å². The average Bonchev–Trinajstić information content (AvgIpc) is 3.15. The number of halogens is 1. The molecule has 0 aliphatic carbocycles. The normalized spacial score (nSPS) is 18.4. The van der Waals surface area contributed by atoms with Gasteiger partial charge in [0.1, 0.15) is 0 Å². The molecule has 2 amide bonds. The van der Waals surface area contributed by atoms with Crippen LogP contribution in [-0.4, -0.2) is 53.8 Å². The van der Waals surface area contributed by atoms with Gasteiger partial charge in [0.25, 0.3) is 11.1 Å². The van der Waals surface area contributed by atoms with Crippen LogP contribution in [0.4, 0.5) is 10.5 Å². The van der Waals surface area contributed by atoms with Gasteiger partial charge >= 0.3 is 0 Å². The SMILES string of the molecule is CCN1CCN(c2ccc(-c3cccc4ncc(C=C5SC(=O)NC5=O)cc34)cc2Cl)CC1. The molecule has 1 N–H and O–H groups in total. The maximum absolute atomic E-state index is 11.9. The molecule has 2 saturated heterocycles. The highest BCUT2D eigenvalue weighted by Gasteiger charge is 2.25. The molecule has 0 spiro atoms. The fraction of sp³-hybridized carbons (Fsp3) is 0.240. The summed E-state index contributed by atoms with van der Waals surface area (Å²) in [4.78, 5) is 33.1. The van der Waals surface area contributed by atoms with Gasteiger partial charge in [-0.15, -0.1) is 0 Å². The zero-order valence-electron chi connectivity index (χ0n) is 18.2. The summed E-state index contributed by atoms with van der Waals surface area (Å²) < 4.78 is 0. The molecular formula is C25H23ClN4O2S. The van der Waals surface area contributed by atoms with Gasteiger partial charge in [-0.3, -0.25) is 19.9 Å². The molecule has 2 aliphatic rings. The van der Waals surface area contributed by atoms with Crippen molar-refractivity contribution in [2.75, 3.05) is 37.6 Å². The molecule has 0 saturated carbocycles. The molecule has 33 heavy (non-hydrogen) atoms. The summed E-state index contributed by atoms with van der Waals surface area (Å²) in [6.45, 7) is 7.30. The highest BCUT2D eigenvalue weighted by atomic mass is 35.5. The van der Waals surface area contributed by atoms with Gasteiger partial charge < -0.3 is 9.80 Å². The maximum Gasteiger partial charge on any atom is 0.290 e. The van der Waals surface area contributed by atoms with Crippen LogP contribution in [-0.2, 0) is 4.79 Å². The third-order valence-electron chi connectivity index (χ3n) is 6.11. The van der Waals surface area contributed by atoms with Gasteiger partial charge in [-0.2, -0.15) is 0 Å². The van der Waals surface area contributed by atoms with Crippen molar-refractivity contribution in [2.24, 2.45) is 0 Å². The van der Waals surface area contributed by atoms with Crippen LogP contribution in [0.15, 0.2) is 53.6 Å². The summed E-state index contributed by atoms with van der Waals surface area (Å²) >= 11 is 7.65. The first-order valence-corrected chi connectivity index (χ1v) is 12.1. The fourth-order valence-corrected chi connectivity index (χ4v) is 5.29. The summed E-state index contributed by atoms with van der Waals surface area (Å²) in [6, 6.07) is 14.2. The number of anilines is 1. The molecule has 8 heteroatoms. The van der Waals surface area contributed by atoms with E-state index in [9.17, 15) is 9.59 Å². The van der Waals surface area contributed by atoms with E-state index in [1.165, 1.54) is 0 Å².